The van der Waals surface area contributed by atoms with Gasteiger partial charge in [-0.05, 0) is 51.0 Å². The van der Waals surface area contributed by atoms with Gasteiger partial charge in [-0.2, -0.15) is 0 Å². The number of carbonyl (C=O) groups is 1. The Hall–Kier alpha value is -1.51. The maximum atomic E-state index is 12.4. The summed E-state index contributed by atoms with van der Waals surface area (Å²) in [6, 6.07) is 6.06. The summed E-state index contributed by atoms with van der Waals surface area (Å²) in [5.41, 5.74) is 2.94. The van der Waals surface area contributed by atoms with Crippen LogP contribution in [0.25, 0.3) is 0 Å². The third-order valence-electron chi connectivity index (χ3n) is 3.09. The second kappa shape index (κ2) is 6.43. The van der Waals surface area contributed by atoms with E-state index in [4.69, 9.17) is 0 Å². The predicted molar refractivity (Wildman–Crippen MR) is 77.2 cm³/mol. The highest BCUT2D eigenvalue weighted by Gasteiger charge is 2.18. The Morgan fingerprint density at radius 1 is 1.39 bits per heavy atom. The number of anilines is 1. The van der Waals surface area contributed by atoms with Crippen LogP contribution in [0.15, 0.2) is 18.2 Å². The Bertz CT molecular complexity index is 413. The summed E-state index contributed by atoms with van der Waals surface area (Å²) in [5, 5.41) is 3.11. The molecule has 0 unspecified atom stereocenters. The summed E-state index contributed by atoms with van der Waals surface area (Å²) in [6.07, 6.45) is 0.984. The number of hydrogen-bond donors (Lipinski definition) is 1. The Labute approximate surface area is 110 Å². The van der Waals surface area contributed by atoms with E-state index < -0.39 is 0 Å². The SMILES string of the molecule is CCCN(C(=O)c1ccc(NC)c(C)c1)C(C)C. The highest BCUT2D eigenvalue weighted by Crippen LogP contribution is 2.18. The second-order valence-electron chi connectivity index (χ2n) is 4.87. The Morgan fingerprint density at radius 2 is 2.06 bits per heavy atom. The van der Waals surface area contributed by atoms with Crippen molar-refractivity contribution in [2.45, 2.75) is 40.2 Å². The molecule has 0 spiro atoms. The van der Waals surface area contributed by atoms with E-state index in [1.165, 1.54) is 0 Å². The number of nitrogens with zero attached hydrogens (tertiary/aromatic N) is 1. The first-order valence-electron chi connectivity index (χ1n) is 6.60. The molecule has 3 nitrogen and oxygen atoms in total. The molecule has 0 aliphatic carbocycles. The third kappa shape index (κ3) is 3.25. The molecule has 0 saturated heterocycles. The van der Waals surface area contributed by atoms with Crippen LogP contribution in [0.5, 0.6) is 0 Å². The van der Waals surface area contributed by atoms with Gasteiger partial charge in [0.25, 0.3) is 5.91 Å². The lowest BCUT2D eigenvalue weighted by molar-refractivity contribution is 0.0706. The zero-order valence-electron chi connectivity index (χ0n) is 12.1. The summed E-state index contributed by atoms with van der Waals surface area (Å²) in [4.78, 5) is 14.4. The van der Waals surface area contributed by atoms with Gasteiger partial charge in [-0.25, -0.2) is 0 Å². The number of amides is 1. The lowest BCUT2D eigenvalue weighted by atomic mass is 10.1. The monoisotopic (exact) mass is 248 g/mol. The molecule has 0 radical (unpaired) electrons. The molecule has 1 N–H and O–H groups in total. The minimum Gasteiger partial charge on any atom is -0.388 e. The maximum Gasteiger partial charge on any atom is 0.254 e. The molecular formula is C15H24N2O. The lowest BCUT2D eigenvalue weighted by Crippen LogP contribution is -2.37. The summed E-state index contributed by atoms with van der Waals surface area (Å²) in [6.45, 7) is 9.04. The molecule has 1 aromatic rings. The Morgan fingerprint density at radius 3 is 2.50 bits per heavy atom. The molecule has 0 aliphatic heterocycles. The fourth-order valence-electron chi connectivity index (χ4n) is 2.08. The number of nitrogens with one attached hydrogen (secondary N) is 1. The van der Waals surface area contributed by atoms with Crippen molar-refractivity contribution in [1.82, 2.24) is 4.90 Å². The van der Waals surface area contributed by atoms with Crippen LogP contribution in [-0.4, -0.2) is 30.4 Å². The van der Waals surface area contributed by atoms with E-state index in [2.05, 4.69) is 26.1 Å². The first-order valence-corrected chi connectivity index (χ1v) is 6.60. The van der Waals surface area contributed by atoms with Crippen molar-refractivity contribution in [2.75, 3.05) is 18.9 Å². The first kappa shape index (κ1) is 14.6. The molecule has 0 heterocycles. The van der Waals surface area contributed by atoms with E-state index in [0.29, 0.717) is 0 Å². The van der Waals surface area contributed by atoms with E-state index in [9.17, 15) is 4.79 Å². The van der Waals surface area contributed by atoms with E-state index in [1.807, 2.05) is 37.1 Å². The normalized spacial score (nSPS) is 10.6. The molecule has 0 atom stereocenters. The van der Waals surface area contributed by atoms with Crippen LogP contribution in [0.2, 0.25) is 0 Å². The van der Waals surface area contributed by atoms with E-state index in [-0.39, 0.29) is 11.9 Å². The van der Waals surface area contributed by atoms with Crippen molar-refractivity contribution in [2.24, 2.45) is 0 Å². The van der Waals surface area contributed by atoms with Crippen LogP contribution < -0.4 is 5.32 Å². The van der Waals surface area contributed by atoms with Crippen LogP contribution in [0.1, 0.15) is 43.1 Å². The molecule has 0 aliphatic rings. The Kier molecular flexibility index (Phi) is 5.20. The van der Waals surface area contributed by atoms with Gasteiger partial charge in [0.15, 0.2) is 0 Å². The van der Waals surface area contributed by atoms with Crippen molar-refractivity contribution in [3.05, 3.63) is 29.3 Å². The Balaban J connectivity index is 2.98. The van der Waals surface area contributed by atoms with Crippen LogP contribution in [0.3, 0.4) is 0 Å². The molecule has 3 heteroatoms. The van der Waals surface area contributed by atoms with Gasteiger partial charge >= 0.3 is 0 Å². The van der Waals surface area contributed by atoms with Gasteiger partial charge in [0.1, 0.15) is 0 Å². The zero-order valence-corrected chi connectivity index (χ0v) is 12.1. The topological polar surface area (TPSA) is 32.3 Å². The van der Waals surface area contributed by atoms with Crippen molar-refractivity contribution in [3.63, 3.8) is 0 Å². The molecule has 0 fully saturated rings. The molecule has 0 saturated carbocycles. The summed E-state index contributed by atoms with van der Waals surface area (Å²) >= 11 is 0. The quantitative estimate of drug-likeness (QED) is 0.867. The van der Waals surface area contributed by atoms with Gasteiger partial charge in [0.05, 0.1) is 0 Å². The highest BCUT2D eigenvalue weighted by atomic mass is 16.2. The van der Waals surface area contributed by atoms with Gasteiger partial charge in [0.2, 0.25) is 0 Å². The minimum absolute atomic E-state index is 0.123. The molecule has 100 valence electrons. The summed E-state index contributed by atoms with van der Waals surface area (Å²) < 4.78 is 0. The second-order valence-corrected chi connectivity index (χ2v) is 4.87. The van der Waals surface area contributed by atoms with Crippen molar-refractivity contribution in [1.29, 1.82) is 0 Å². The third-order valence-corrected chi connectivity index (χ3v) is 3.09. The number of carbonyl (C=O) groups excluding carboxylic acids is 1. The van der Waals surface area contributed by atoms with Crippen LogP contribution in [0, 0.1) is 6.92 Å². The fourth-order valence-corrected chi connectivity index (χ4v) is 2.08. The predicted octanol–water partition coefficient (Wildman–Crippen LogP) is 3.30. The average Bonchev–Trinajstić information content (AvgIpc) is 2.34. The fraction of sp³-hybridized carbons (Fsp3) is 0.533. The van der Waals surface area contributed by atoms with Gasteiger partial charge in [-0.15, -0.1) is 0 Å². The van der Waals surface area contributed by atoms with Crippen molar-refractivity contribution in [3.8, 4) is 0 Å². The van der Waals surface area contributed by atoms with E-state index in [0.717, 1.165) is 29.8 Å². The largest absolute Gasteiger partial charge is 0.388 e. The summed E-state index contributed by atoms with van der Waals surface area (Å²) in [7, 11) is 1.89. The number of hydrogen-bond acceptors (Lipinski definition) is 2. The number of aryl methyl sites for hydroxylation is 1. The number of benzene rings is 1. The van der Waals surface area contributed by atoms with Gasteiger partial charge < -0.3 is 10.2 Å². The average molecular weight is 248 g/mol. The summed E-state index contributed by atoms with van der Waals surface area (Å²) in [5.74, 6) is 0.123. The molecule has 1 amide bonds. The van der Waals surface area contributed by atoms with Gasteiger partial charge in [0, 0.05) is 30.9 Å². The zero-order chi connectivity index (χ0) is 13.7. The maximum absolute atomic E-state index is 12.4. The van der Waals surface area contributed by atoms with Gasteiger partial charge in [-0.1, -0.05) is 6.92 Å². The number of rotatable bonds is 5. The van der Waals surface area contributed by atoms with E-state index in [1.54, 1.807) is 0 Å². The molecule has 1 rings (SSSR count). The smallest absolute Gasteiger partial charge is 0.254 e. The van der Waals surface area contributed by atoms with Crippen molar-refractivity contribution >= 4 is 11.6 Å². The van der Waals surface area contributed by atoms with Crippen molar-refractivity contribution < 1.29 is 4.79 Å². The standard InChI is InChI=1S/C15H24N2O/c1-6-9-17(11(2)3)15(18)13-7-8-14(16-5)12(4)10-13/h7-8,10-11,16H,6,9H2,1-5H3. The molecular weight excluding hydrogens is 224 g/mol. The molecule has 18 heavy (non-hydrogen) atoms. The molecule has 0 aromatic heterocycles. The van der Waals surface area contributed by atoms with Crippen LogP contribution in [0.4, 0.5) is 5.69 Å². The highest BCUT2D eigenvalue weighted by molar-refractivity contribution is 5.95. The lowest BCUT2D eigenvalue weighted by Gasteiger charge is -2.26. The van der Waals surface area contributed by atoms with E-state index >= 15 is 0 Å². The van der Waals surface area contributed by atoms with Crippen LogP contribution >= 0.6 is 0 Å². The molecule has 0 bridgehead atoms. The molecule has 1 aromatic carbocycles. The van der Waals surface area contributed by atoms with Gasteiger partial charge in [-0.3, -0.25) is 4.79 Å². The van der Waals surface area contributed by atoms with Crippen LogP contribution in [-0.2, 0) is 0 Å². The minimum atomic E-state index is 0.123. The first-order chi connectivity index (χ1) is 8.51.